The highest BCUT2D eigenvalue weighted by molar-refractivity contribution is 7.16. The average molecular weight is 402 g/mol. The average Bonchev–Trinajstić information content (AvgIpc) is 3.09. The minimum atomic E-state index is -4.76. The number of pyridine rings is 1. The zero-order chi connectivity index (χ0) is 19.9. The second-order valence-corrected chi connectivity index (χ2v) is 7.04. The van der Waals surface area contributed by atoms with E-state index in [4.69, 9.17) is 0 Å². The van der Waals surface area contributed by atoms with E-state index in [1.54, 1.807) is 11.7 Å². The number of alkyl halides is 3. The van der Waals surface area contributed by atoms with Crippen molar-refractivity contribution in [1.29, 1.82) is 0 Å². The summed E-state index contributed by atoms with van der Waals surface area (Å²) in [5, 5.41) is 0. The number of aromatic nitrogens is 2. The van der Waals surface area contributed by atoms with Crippen LogP contribution < -0.4 is 10.3 Å². The van der Waals surface area contributed by atoms with Gasteiger partial charge in [0, 0.05) is 23.5 Å². The van der Waals surface area contributed by atoms with Crippen molar-refractivity contribution in [3.63, 3.8) is 0 Å². The molecular formula is C20H13F3N2O2S. The molecule has 0 saturated heterocycles. The molecule has 0 bridgehead atoms. The molecule has 0 aliphatic heterocycles. The van der Waals surface area contributed by atoms with Gasteiger partial charge in [0.15, 0.2) is 0 Å². The lowest BCUT2D eigenvalue weighted by Gasteiger charge is -2.13. The van der Waals surface area contributed by atoms with Gasteiger partial charge in [-0.1, -0.05) is 6.07 Å². The molecule has 0 amide bonds. The Bertz CT molecular complexity index is 1210. The standard InChI is InChI=1S/C20H13F3N2O2S/c1-12-8-19(26)25(14-3-5-15(6-4-14)27-20(21,22)23)10-16(12)13-2-7-17-18(9-13)28-11-24-17/h2-11H,1H3. The van der Waals surface area contributed by atoms with Crippen molar-refractivity contribution < 1.29 is 17.9 Å². The molecule has 0 unspecified atom stereocenters. The van der Waals surface area contributed by atoms with E-state index in [9.17, 15) is 18.0 Å². The Morgan fingerprint density at radius 2 is 1.82 bits per heavy atom. The predicted molar refractivity (Wildman–Crippen MR) is 102 cm³/mol. The van der Waals surface area contributed by atoms with Gasteiger partial charge in [-0.25, -0.2) is 4.98 Å². The van der Waals surface area contributed by atoms with Crippen molar-refractivity contribution in [3.05, 3.63) is 76.2 Å². The molecular weight excluding hydrogens is 389 g/mol. The first kappa shape index (κ1) is 18.2. The highest BCUT2D eigenvalue weighted by Gasteiger charge is 2.31. The van der Waals surface area contributed by atoms with Gasteiger partial charge >= 0.3 is 6.36 Å². The molecule has 4 nitrogen and oxygen atoms in total. The second kappa shape index (κ2) is 6.79. The molecule has 0 fully saturated rings. The maximum atomic E-state index is 12.5. The summed E-state index contributed by atoms with van der Waals surface area (Å²) < 4.78 is 43.3. The van der Waals surface area contributed by atoms with Crippen LogP contribution in [-0.2, 0) is 0 Å². The summed E-state index contributed by atoms with van der Waals surface area (Å²) in [7, 11) is 0. The molecule has 142 valence electrons. The van der Waals surface area contributed by atoms with Crippen LogP contribution in [0.5, 0.6) is 5.75 Å². The van der Waals surface area contributed by atoms with Crippen molar-refractivity contribution in [3.8, 4) is 22.6 Å². The molecule has 4 rings (SSSR count). The van der Waals surface area contributed by atoms with E-state index >= 15 is 0 Å². The highest BCUT2D eigenvalue weighted by Crippen LogP contribution is 2.29. The van der Waals surface area contributed by atoms with E-state index in [0.717, 1.165) is 26.9 Å². The van der Waals surface area contributed by atoms with E-state index < -0.39 is 6.36 Å². The van der Waals surface area contributed by atoms with Gasteiger partial charge in [-0.3, -0.25) is 9.36 Å². The Labute approximate surface area is 161 Å². The number of fused-ring (bicyclic) bond motifs is 1. The minimum absolute atomic E-state index is 0.274. The number of thiazole rings is 1. The van der Waals surface area contributed by atoms with E-state index in [1.165, 1.54) is 46.2 Å². The Kier molecular flexibility index (Phi) is 4.43. The number of nitrogens with zero attached hydrogens (tertiary/aromatic N) is 2. The van der Waals surface area contributed by atoms with Crippen molar-refractivity contribution in [2.45, 2.75) is 13.3 Å². The van der Waals surface area contributed by atoms with E-state index in [-0.39, 0.29) is 11.3 Å². The highest BCUT2D eigenvalue weighted by atomic mass is 32.1. The van der Waals surface area contributed by atoms with Gasteiger partial charge in [0.1, 0.15) is 5.75 Å². The molecule has 0 aliphatic carbocycles. The van der Waals surface area contributed by atoms with Gasteiger partial charge in [0.25, 0.3) is 5.56 Å². The van der Waals surface area contributed by atoms with Crippen LogP contribution in [0.25, 0.3) is 27.0 Å². The van der Waals surface area contributed by atoms with Crippen molar-refractivity contribution in [2.24, 2.45) is 0 Å². The van der Waals surface area contributed by atoms with Crippen LogP contribution in [0.15, 0.2) is 65.0 Å². The van der Waals surface area contributed by atoms with Crippen LogP contribution in [0.1, 0.15) is 5.56 Å². The van der Waals surface area contributed by atoms with E-state index in [1.807, 2.05) is 25.1 Å². The van der Waals surface area contributed by atoms with Gasteiger partial charge in [-0.05, 0) is 54.4 Å². The molecule has 0 atom stereocenters. The SMILES string of the molecule is Cc1cc(=O)n(-c2ccc(OC(F)(F)F)cc2)cc1-c1ccc2ncsc2c1. The van der Waals surface area contributed by atoms with E-state index in [2.05, 4.69) is 9.72 Å². The molecule has 0 N–H and O–H groups in total. The first-order valence-corrected chi connectivity index (χ1v) is 9.11. The topological polar surface area (TPSA) is 44.1 Å². The number of benzene rings is 2. The third-order valence-electron chi connectivity index (χ3n) is 4.25. The van der Waals surface area contributed by atoms with Crippen molar-refractivity contribution >= 4 is 21.6 Å². The molecule has 0 radical (unpaired) electrons. The summed E-state index contributed by atoms with van der Waals surface area (Å²) in [6.07, 6.45) is -3.07. The largest absolute Gasteiger partial charge is 0.573 e. The van der Waals surface area contributed by atoms with Crippen LogP contribution >= 0.6 is 11.3 Å². The number of halogens is 3. The first-order chi connectivity index (χ1) is 13.3. The van der Waals surface area contributed by atoms with Gasteiger partial charge in [-0.15, -0.1) is 24.5 Å². The van der Waals surface area contributed by atoms with Crippen LogP contribution in [0.2, 0.25) is 0 Å². The number of ether oxygens (including phenoxy) is 1. The summed E-state index contributed by atoms with van der Waals surface area (Å²) in [5.41, 5.74) is 5.43. The monoisotopic (exact) mass is 402 g/mol. The van der Waals surface area contributed by atoms with Crippen LogP contribution in [0.3, 0.4) is 0 Å². The Balaban J connectivity index is 1.76. The number of hydrogen-bond acceptors (Lipinski definition) is 4. The third kappa shape index (κ3) is 3.63. The minimum Gasteiger partial charge on any atom is -0.406 e. The smallest absolute Gasteiger partial charge is 0.406 e. The lowest BCUT2D eigenvalue weighted by molar-refractivity contribution is -0.274. The third-order valence-corrected chi connectivity index (χ3v) is 5.04. The zero-order valence-electron chi connectivity index (χ0n) is 14.5. The van der Waals surface area contributed by atoms with Gasteiger partial charge in [0.2, 0.25) is 0 Å². The normalized spacial score (nSPS) is 11.7. The molecule has 28 heavy (non-hydrogen) atoms. The molecule has 0 aliphatic rings. The molecule has 2 heterocycles. The van der Waals surface area contributed by atoms with Crippen LogP contribution in [-0.4, -0.2) is 15.9 Å². The summed E-state index contributed by atoms with van der Waals surface area (Å²) >= 11 is 1.53. The Hall–Kier alpha value is -3.13. The summed E-state index contributed by atoms with van der Waals surface area (Å²) in [4.78, 5) is 16.7. The number of rotatable bonds is 3. The lowest BCUT2D eigenvalue weighted by Crippen LogP contribution is -2.18. The van der Waals surface area contributed by atoms with Gasteiger partial charge in [0.05, 0.1) is 15.7 Å². The fourth-order valence-corrected chi connectivity index (χ4v) is 3.68. The lowest BCUT2D eigenvalue weighted by atomic mass is 10.0. The maximum absolute atomic E-state index is 12.5. The Morgan fingerprint density at radius 1 is 1.07 bits per heavy atom. The summed E-state index contributed by atoms with van der Waals surface area (Å²) in [6, 6.07) is 12.5. The molecule has 4 aromatic rings. The van der Waals surface area contributed by atoms with Crippen LogP contribution in [0, 0.1) is 6.92 Å². The summed E-state index contributed by atoms with van der Waals surface area (Å²) in [6.45, 7) is 1.85. The molecule has 2 aromatic carbocycles. The fraction of sp³-hybridized carbons (Fsp3) is 0.100. The fourth-order valence-electron chi connectivity index (χ4n) is 2.96. The zero-order valence-corrected chi connectivity index (χ0v) is 15.3. The molecule has 2 aromatic heterocycles. The Morgan fingerprint density at radius 3 is 2.54 bits per heavy atom. The number of aryl methyl sites for hydroxylation is 1. The number of hydrogen-bond donors (Lipinski definition) is 0. The quantitative estimate of drug-likeness (QED) is 0.466. The van der Waals surface area contributed by atoms with E-state index in [0.29, 0.717) is 5.69 Å². The van der Waals surface area contributed by atoms with Crippen molar-refractivity contribution in [2.75, 3.05) is 0 Å². The van der Waals surface area contributed by atoms with Gasteiger partial charge in [-0.2, -0.15) is 0 Å². The molecule has 0 spiro atoms. The molecule has 8 heteroatoms. The molecule has 0 saturated carbocycles. The maximum Gasteiger partial charge on any atom is 0.573 e. The second-order valence-electron chi connectivity index (χ2n) is 6.15. The predicted octanol–water partition coefficient (Wildman–Crippen LogP) is 5.32. The summed E-state index contributed by atoms with van der Waals surface area (Å²) in [5.74, 6) is -0.340. The van der Waals surface area contributed by atoms with Gasteiger partial charge < -0.3 is 4.74 Å². The van der Waals surface area contributed by atoms with Crippen molar-refractivity contribution in [1.82, 2.24) is 9.55 Å². The first-order valence-electron chi connectivity index (χ1n) is 8.23. The van der Waals surface area contributed by atoms with Crippen LogP contribution in [0.4, 0.5) is 13.2 Å².